The Hall–Kier alpha value is -1.88. The second-order valence-electron chi connectivity index (χ2n) is 3.82. The smallest absolute Gasteiger partial charge is 0.339 e. The number of hydrogen-bond acceptors (Lipinski definition) is 4. The number of hydrogen-bond donors (Lipinski definition) is 1. The lowest BCUT2D eigenvalue weighted by Gasteiger charge is -2.05. The van der Waals surface area contributed by atoms with Gasteiger partial charge < -0.3 is 5.11 Å². The van der Waals surface area contributed by atoms with E-state index in [9.17, 15) is 4.79 Å². The van der Waals surface area contributed by atoms with Crippen molar-refractivity contribution in [3.05, 3.63) is 47.3 Å². The van der Waals surface area contributed by atoms with Gasteiger partial charge in [-0.25, -0.2) is 14.8 Å². The highest BCUT2D eigenvalue weighted by Gasteiger charge is 2.11. The Balaban J connectivity index is 2.29. The Morgan fingerprint density at radius 3 is 2.61 bits per heavy atom. The van der Waals surface area contributed by atoms with Crippen LogP contribution >= 0.6 is 11.8 Å². The summed E-state index contributed by atoms with van der Waals surface area (Å²) in [6.45, 7) is 3.69. The topological polar surface area (TPSA) is 63.1 Å². The number of nitrogens with zero attached hydrogens (tertiary/aromatic N) is 2. The van der Waals surface area contributed by atoms with Crippen LogP contribution in [0.25, 0.3) is 0 Å². The normalized spacial score (nSPS) is 10.3. The number of aryl methyl sites for hydroxylation is 2. The third-order valence-corrected chi connectivity index (χ3v) is 3.54. The summed E-state index contributed by atoms with van der Waals surface area (Å²) in [5.74, 6) is -1.00. The van der Waals surface area contributed by atoms with Gasteiger partial charge in [-0.1, -0.05) is 18.2 Å². The monoisotopic (exact) mass is 260 g/mol. The molecule has 0 atom stereocenters. The van der Waals surface area contributed by atoms with Crippen molar-refractivity contribution >= 4 is 17.7 Å². The maximum atomic E-state index is 10.9. The number of carbonyl (C=O) groups is 1. The van der Waals surface area contributed by atoms with E-state index >= 15 is 0 Å². The summed E-state index contributed by atoms with van der Waals surface area (Å²) in [5.41, 5.74) is 1.77. The van der Waals surface area contributed by atoms with E-state index in [1.807, 2.05) is 31.2 Å². The zero-order valence-electron chi connectivity index (χ0n) is 10.0. The van der Waals surface area contributed by atoms with Gasteiger partial charge in [0.15, 0.2) is 5.16 Å². The van der Waals surface area contributed by atoms with E-state index in [1.54, 1.807) is 6.92 Å². The molecule has 1 heterocycles. The van der Waals surface area contributed by atoms with Crippen LogP contribution in [0.3, 0.4) is 0 Å². The summed E-state index contributed by atoms with van der Waals surface area (Å²) in [6.07, 6.45) is 1.35. The number of benzene rings is 1. The van der Waals surface area contributed by atoms with Crippen molar-refractivity contribution in [3.63, 3.8) is 0 Å². The summed E-state index contributed by atoms with van der Waals surface area (Å²) in [6, 6.07) is 7.93. The molecule has 18 heavy (non-hydrogen) atoms. The average molecular weight is 260 g/mol. The minimum atomic E-state index is -1.00. The van der Waals surface area contributed by atoms with Crippen molar-refractivity contribution in [1.29, 1.82) is 0 Å². The summed E-state index contributed by atoms with van der Waals surface area (Å²) in [7, 11) is 0. The summed E-state index contributed by atoms with van der Waals surface area (Å²) in [4.78, 5) is 20.2. The van der Waals surface area contributed by atoms with Crippen LogP contribution in [0.2, 0.25) is 0 Å². The minimum absolute atomic E-state index is 0.143. The van der Waals surface area contributed by atoms with Crippen LogP contribution in [-0.2, 0) is 0 Å². The molecule has 0 aliphatic rings. The molecule has 0 saturated heterocycles. The van der Waals surface area contributed by atoms with Gasteiger partial charge in [-0.3, -0.25) is 0 Å². The van der Waals surface area contributed by atoms with E-state index in [-0.39, 0.29) is 5.56 Å². The highest BCUT2D eigenvalue weighted by atomic mass is 32.2. The van der Waals surface area contributed by atoms with Crippen LogP contribution in [0.5, 0.6) is 0 Å². The zero-order chi connectivity index (χ0) is 13.1. The predicted molar refractivity (Wildman–Crippen MR) is 69.0 cm³/mol. The number of carboxylic acids is 1. The van der Waals surface area contributed by atoms with Crippen LogP contribution in [-0.4, -0.2) is 21.0 Å². The molecule has 1 N–H and O–H groups in total. The maximum Gasteiger partial charge on any atom is 0.339 e. The summed E-state index contributed by atoms with van der Waals surface area (Å²) in [5, 5.41) is 9.47. The maximum absolute atomic E-state index is 10.9. The van der Waals surface area contributed by atoms with Crippen molar-refractivity contribution in [3.8, 4) is 0 Å². The van der Waals surface area contributed by atoms with Crippen LogP contribution in [0, 0.1) is 13.8 Å². The Kier molecular flexibility index (Phi) is 3.62. The van der Waals surface area contributed by atoms with Gasteiger partial charge >= 0.3 is 5.97 Å². The molecule has 0 aliphatic heterocycles. The lowest BCUT2D eigenvalue weighted by atomic mass is 10.2. The number of aromatic carboxylic acids is 1. The van der Waals surface area contributed by atoms with Crippen molar-refractivity contribution < 1.29 is 9.90 Å². The molecule has 0 unspecified atom stereocenters. The van der Waals surface area contributed by atoms with E-state index in [4.69, 9.17) is 5.11 Å². The second-order valence-corrected chi connectivity index (χ2v) is 4.83. The van der Waals surface area contributed by atoms with E-state index in [2.05, 4.69) is 9.97 Å². The zero-order valence-corrected chi connectivity index (χ0v) is 10.9. The third kappa shape index (κ3) is 2.68. The van der Waals surface area contributed by atoms with Crippen molar-refractivity contribution in [2.45, 2.75) is 23.9 Å². The lowest BCUT2D eigenvalue weighted by molar-refractivity contribution is 0.0695. The van der Waals surface area contributed by atoms with E-state index in [1.165, 1.54) is 18.0 Å². The first-order valence-corrected chi connectivity index (χ1v) is 6.20. The molecule has 0 spiro atoms. The van der Waals surface area contributed by atoms with Gasteiger partial charge in [0.1, 0.15) is 0 Å². The van der Waals surface area contributed by atoms with E-state index in [0.29, 0.717) is 10.9 Å². The molecule has 0 bridgehead atoms. The van der Waals surface area contributed by atoms with Crippen molar-refractivity contribution in [2.75, 3.05) is 0 Å². The van der Waals surface area contributed by atoms with Gasteiger partial charge in [0.2, 0.25) is 0 Å². The van der Waals surface area contributed by atoms with Gasteiger partial charge in [-0.05, 0) is 37.2 Å². The lowest BCUT2D eigenvalue weighted by Crippen LogP contribution is -2.03. The highest BCUT2D eigenvalue weighted by molar-refractivity contribution is 7.99. The summed E-state index contributed by atoms with van der Waals surface area (Å²) >= 11 is 1.43. The third-order valence-electron chi connectivity index (χ3n) is 2.48. The van der Waals surface area contributed by atoms with Crippen molar-refractivity contribution in [1.82, 2.24) is 9.97 Å². The Bertz CT molecular complexity index is 599. The first-order valence-electron chi connectivity index (χ1n) is 5.38. The number of rotatable bonds is 3. The summed E-state index contributed by atoms with van der Waals surface area (Å²) < 4.78 is 0. The van der Waals surface area contributed by atoms with Crippen molar-refractivity contribution in [2.24, 2.45) is 0 Å². The molecule has 0 aliphatic carbocycles. The Morgan fingerprint density at radius 2 is 2.00 bits per heavy atom. The highest BCUT2D eigenvalue weighted by Crippen LogP contribution is 2.27. The predicted octanol–water partition coefficient (Wildman–Crippen LogP) is 2.94. The number of aromatic nitrogens is 2. The largest absolute Gasteiger partial charge is 0.478 e. The standard InChI is InChI=1S/C13H12N2O2S/c1-8-5-3-4-6-11(8)18-13-14-7-10(12(16)17)9(2)15-13/h3-7H,1-2H3,(H,16,17). The van der Waals surface area contributed by atoms with Gasteiger partial charge in [0.05, 0.1) is 11.3 Å². The molecule has 0 fully saturated rings. The van der Waals surface area contributed by atoms with Gasteiger partial charge in [0, 0.05) is 11.1 Å². The Morgan fingerprint density at radius 1 is 1.28 bits per heavy atom. The molecular formula is C13H12N2O2S. The van der Waals surface area contributed by atoms with Crippen LogP contribution in [0.15, 0.2) is 40.5 Å². The number of carboxylic acid groups (broad SMARTS) is 1. The van der Waals surface area contributed by atoms with Crippen LogP contribution in [0.1, 0.15) is 21.6 Å². The fourth-order valence-electron chi connectivity index (χ4n) is 1.47. The van der Waals surface area contributed by atoms with E-state index < -0.39 is 5.97 Å². The molecule has 5 heteroatoms. The van der Waals surface area contributed by atoms with E-state index in [0.717, 1.165) is 10.5 Å². The minimum Gasteiger partial charge on any atom is -0.478 e. The van der Waals surface area contributed by atoms with Gasteiger partial charge in [-0.2, -0.15) is 0 Å². The second kappa shape index (κ2) is 5.18. The average Bonchev–Trinajstić information content (AvgIpc) is 2.32. The quantitative estimate of drug-likeness (QED) is 0.860. The van der Waals surface area contributed by atoms with Crippen LogP contribution in [0.4, 0.5) is 0 Å². The van der Waals surface area contributed by atoms with Crippen LogP contribution < -0.4 is 0 Å². The molecule has 4 nitrogen and oxygen atoms in total. The SMILES string of the molecule is Cc1ccccc1Sc1ncc(C(=O)O)c(C)n1. The Labute approximate surface area is 109 Å². The molecule has 2 aromatic rings. The molecule has 1 aromatic heterocycles. The fraction of sp³-hybridized carbons (Fsp3) is 0.154. The molecule has 92 valence electrons. The molecule has 2 rings (SSSR count). The fourth-order valence-corrected chi connectivity index (χ4v) is 2.33. The molecule has 0 saturated carbocycles. The van der Waals surface area contributed by atoms with Gasteiger partial charge in [-0.15, -0.1) is 0 Å². The molecule has 0 radical (unpaired) electrons. The first-order chi connectivity index (χ1) is 8.58. The molecular weight excluding hydrogens is 248 g/mol. The molecule has 0 amide bonds. The van der Waals surface area contributed by atoms with Gasteiger partial charge in [0.25, 0.3) is 0 Å². The molecule has 1 aromatic carbocycles. The first kappa shape index (κ1) is 12.6.